The highest BCUT2D eigenvalue weighted by atomic mass is 16.6. The molecule has 0 fully saturated rings. The highest BCUT2D eigenvalue weighted by molar-refractivity contribution is 5.71. The third-order valence-corrected chi connectivity index (χ3v) is 9.99. The van der Waals surface area contributed by atoms with E-state index >= 15 is 0 Å². The highest BCUT2D eigenvalue weighted by Gasteiger charge is 2.19. The van der Waals surface area contributed by atoms with Gasteiger partial charge in [0.05, 0.1) is 0 Å². The predicted octanol–water partition coefficient (Wildman–Crippen LogP) is 15.8. The number of carbonyl (C=O) groups is 3. The summed E-state index contributed by atoms with van der Waals surface area (Å²) in [5.41, 5.74) is 0. The molecule has 6 heteroatoms. The molecule has 0 spiro atoms. The average Bonchev–Trinajstić information content (AvgIpc) is 3.24. The molecule has 0 aliphatic rings. The van der Waals surface area contributed by atoms with Crippen LogP contribution in [-0.4, -0.2) is 37.2 Å². The van der Waals surface area contributed by atoms with Crippen molar-refractivity contribution in [2.45, 2.75) is 213 Å². The smallest absolute Gasteiger partial charge is 0.306 e. The fourth-order valence-electron chi connectivity index (χ4n) is 6.35. The lowest BCUT2D eigenvalue weighted by atomic mass is 10.1. The Morgan fingerprint density at radius 2 is 0.683 bits per heavy atom. The van der Waals surface area contributed by atoms with Crippen molar-refractivity contribution in [2.75, 3.05) is 13.2 Å². The number of allylic oxidation sites excluding steroid dienone is 16. The van der Waals surface area contributed by atoms with E-state index in [-0.39, 0.29) is 31.1 Å². The van der Waals surface area contributed by atoms with Crippen molar-refractivity contribution >= 4 is 17.9 Å². The number of rotatable bonds is 42. The zero-order valence-electron chi connectivity index (χ0n) is 38.7. The summed E-state index contributed by atoms with van der Waals surface area (Å²) in [6, 6.07) is 0. The van der Waals surface area contributed by atoms with Gasteiger partial charge in [-0.1, -0.05) is 227 Å². The van der Waals surface area contributed by atoms with Crippen molar-refractivity contribution in [1.29, 1.82) is 0 Å². The van der Waals surface area contributed by atoms with Crippen LogP contribution < -0.4 is 0 Å². The molecule has 0 N–H and O–H groups in total. The third kappa shape index (κ3) is 45.4. The van der Waals surface area contributed by atoms with E-state index in [1.807, 2.05) is 30.4 Å². The molecule has 0 aliphatic heterocycles. The summed E-state index contributed by atoms with van der Waals surface area (Å²) in [5, 5.41) is 0. The van der Waals surface area contributed by atoms with Crippen LogP contribution in [0, 0.1) is 0 Å². The molecule has 0 radical (unpaired) electrons. The fourth-order valence-corrected chi connectivity index (χ4v) is 6.35. The molecule has 1 unspecified atom stereocenters. The average molecular weight is 833 g/mol. The zero-order chi connectivity index (χ0) is 43.7. The van der Waals surface area contributed by atoms with Gasteiger partial charge in [0.25, 0.3) is 0 Å². The van der Waals surface area contributed by atoms with Gasteiger partial charge in [-0.3, -0.25) is 14.4 Å². The van der Waals surface area contributed by atoms with Gasteiger partial charge < -0.3 is 14.2 Å². The van der Waals surface area contributed by atoms with Crippen molar-refractivity contribution in [1.82, 2.24) is 0 Å². The number of ether oxygens (including phenoxy) is 3. The number of esters is 3. The summed E-state index contributed by atoms with van der Waals surface area (Å²) in [4.78, 5) is 37.9. The highest BCUT2D eigenvalue weighted by Crippen LogP contribution is 2.14. The first-order valence-corrected chi connectivity index (χ1v) is 24.3. The van der Waals surface area contributed by atoms with Crippen LogP contribution in [0.2, 0.25) is 0 Å². The maximum Gasteiger partial charge on any atom is 0.306 e. The Morgan fingerprint density at radius 3 is 1.08 bits per heavy atom. The first-order chi connectivity index (χ1) is 29.5. The minimum atomic E-state index is -0.797. The molecule has 0 aliphatic carbocycles. The lowest BCUT2D eigenvalue weighted by Crippen LogP contribution is -2.30. The molecule has 0 aromatic heterocycles. The van der Waals surface area contributed by atoms with E-state index in [9.17, 15) is 14.4 Å². The Labute approximate surface area is 368 Å². The van der Waals surface area contributed by atoms with Gasteiger partial charge in [-0.15, -0.1) is 0 Å². The van der Waals surface area contributed by atoms with Crippen LogP contribution in [0.25, 0.3) is 0 Å². The molecule has 6 nitrogen and oxygen atoms in total. The second kappa shape index (κ2) is 48.0. The first-order valence-electron chi connectivity index (χ1n) is 24.3. The molecule has 1 atom stereocenters. The van der Waals surface area contributed by atoms with E-state index in [0.29, 0.717) is 19.3 Å². The van der Waals surface area contributed by atoms with Crippen molar-refractivity contribution in [3.05, 3.63) is 97.2 Å². The van der Waals surface area contributed by atoms with Crippen LogP contribution in [0.4, 0.5) is 0 Å². The Balaban J connectivity index is 4.46. The van der Waals surface area contributed by atoms with Crippen LogP contribution in [0.3, 0.4) is 0 Å². The Kier molecular flexibility index (Phi) is 45.1. The lowest BCUT2D eigenvalue weighted by molar-refractivity contribution is -0.167. The molecule has 0 amide bonds. The van der Waals surface area contributed by atoms with Gasteiger partial charge >= 0.3 is 17.9 Å². The molecule has 0 heterocycles. The first kappa shape index (κ1) is 56.3. The van der Waals surface area contributed by atoms with Crippen molar-refractivity contribution in [2.24, 2.45) is 0 Å². The Morgan fingerprint density at radius 1 is 0.350 bits per heavy atom. The second-order valence-corrected chi connectivity index (χ2v) is 15.8. The van der Waals surface area contributed by atoms with Crippen molar-refractivity contribution in [3.8, 4) is 0 Å². The molecule has 0 aromatic rings. The standard InChI is InChI=1S/C54H88O6/c1-4-7-10-13-16-19-22-24-25-26-27-28-30-32-35-38-41-44-47-53(56)59-50-51(49-58-52(55)46-43-40-37-34-31-21-18-15-12-9-6-3)60-54(57)48-45-42-39-36-33-29-23-20-17-14-11-8-5-2/h8,10-11,13-14,16-17,19-20,22-28,51H,4-7,9,12,15,18,21,29-50H2,1-3H3/b11-8-,13-10-,17-14-,19-16-,23-20-,24-22-,26-25-,28-27-. The summed E-state index contributed by atoms with van der Waals surface area (Å²) >= 11 is 0. The van der Waals surface area contributed by atoms with Gasteiger partial charge in [0, 0.05) is 19.3 Å². The monoisotopic (exact) mass is 833 g/mol. The Bertz CT molecular complexity index is 1230. The van der Waals surface area contributed by atoms with Crippen LogP contribution >= 0.6 is 0 Å². The molecular formula is C54H88O6. The molecule has 0 rings (SSSR count). The van der Waals surface area contributed by atoms with Crippen LogP contribution in [0.5, 0.6) is 0 Å². The molecular weight excluding hydrogens is 745 g/mol. The van der Waals surface area contributed by atoms with E-state index < -0.39 is 6.10 Å². The van der Waals surface area contributed by atoms with Crippen LogP contribution in [0.15, 0.2) is 97.2 Å². The molecule has 0 saturated heterocycles. The molecule has 60 heavy (non-hydrogen) atoms. The summed E-state index contributed by atoms with van der Waals surface area (Å²) in [7, 11) is 0. The quantitative estimate of drug-likeness (QED) is 0.0264. The van der Waals surface area contributed by atoms with E-state index in [1.165, 1.54) is 57.8 Å². The second-order valence-electron chi connectivity index (χ2n) is 15.8. The third-order valence-electron chi connectivity index (χ3n) is 9.99. The largest absolute Gasteiger partial charge is 0.462 e. The topological polar surface area (TPSA) is 78.9 Å². The zero-order valence-corrected chi connectivity index (χ0v) is 38.7. The van der Waals surface area contributed by atoms with Gasteiger partial charge in [-0.25, -0.2) is 0 Å². The van der Waals surface area contributed by atoms with Gasteiger partial charge in [0.15, 0.2) is 6.10 Å². The van der Waals surface area contributed by atoms with Crippen molar-refractivity contribution in [3.63, 3.8) is 0 Å². The van der Waals surface area contributed by atoms with E-state index in [2.05, 4.69) is 87.6 Å². The van der Waals surface area contributed by atoms with E-state index in [4.69, 9.17) is 14.2 Å². The maximum atomic E-state index is 12.7. The normalized spacial score (nSPS) is 12.9. The SMILES string of the molecule is CC\C=C/C=C\C=C/CCCCCCCC(=O)OC(COC(=O)CCCCCCC\C=C/C=C\C=C/C=C\C=C/CCC)COC(=O)CCCCCCCCCCCCC. The van der Waals surface area contributed by atoms with Gasteiger partial charge in [-0.05, 0) is 57.8 Å². The summed E-state index contributed by atoms with van der Waals surface area (Å²) in [5.74, 6) is -0.948. The maximum absolute atomic E-state index is 12.7. The minimum absolute atomic E-state index is 0.0945. The van der Waals surface area contributed by atoms with Crippen LogP contribution in [-0.2, 0) is 28.6 Å². The van der Waals surface area contributed by atoms with Crippen molar-refractivity contribution < 1.29 is 28.6 Å². The molecule has 340 valence electrons. The number of hydrogen-bond acceptors (Lipinski definition) is 6. The summed E-state index contributed by atoms with van der Waals surface area (Å²) in [6.45, 7) is 6.35. The van der Waals surface area contributed by atoms with Gasteiger partial charge in [0.2, 0.25) is 0 Å². The fraction of sp³-hybridized carbons (Fsp3) is 0.648. The van der Waals surface area contributed by atoms with E-state index in [1.54, 1.807) is 0 Å². The van der Waals surface area contributed by atoms with E-state index in [0.717, 1.165) is 109 Å². The summed E-state index contributed by atoms with van der Waals surface area (Å²) < 4.78 is 16.7. The van der Waals surface area contributed by atoms with Gasteiger partial charge in [0.1, 0.15) is 13.2 Å². The molecule has 0 aromatic carbocycles. The van der Waals surface area contributed by atoms with Gasteiger partial charge in [-0.2, -0.15) is 0 Å². The summed E-state index contributed by atoms with van der Waals surface area (Å²) in [6.07, 6.45) is 62.4. The predicted molar refractivity (Wildman–Crippen MR) is 256 cm³/mol. The lowest BCUT2D eigenvalue weighted by Gasteiger charge is -2.18. The molecule has 0 saturated carbocycles. The van der Waals surface area contributed by atoms with Crippen LogP contribution in [0.1, 0.15) is 207 Å². The number of hydrogen-bond donors (Lipinski definition) is 0. The number of unbranched alkanes of at least 4 members (excludes halogenated alkanes) is 21. The Hall–Kier alpha value is -3.67. The number of carbonyl (C=O) groups excluding carboxylic acids is 3. The molecule has 0 bridgehead atoms. The minimum Gasteiger partial charge on any atom is -0.462 e.